The lowest BCUT2D eigenvalue weighted by Crippen LogP contribution is -2.64. The number of ketones is 1. The van der Waals surface area contributed by atoms with Crippen molar-refractivity contribution < 1.29 is 74.1 Å². The largest absolute Gasteiger partial charge is 0.508 e. The van der Waals surface area contributed by atoms with E-state index in [9.17, 15) is 50.4 Å². The summed E-state index contributed by atoms with van der Waals surface area (Å²) in [5, 5.41) is 82.3. The van der Waals surface area contributed by atoms with E-state index in [-0.39, 0.29) is 41.7 Å². The van der Waals surface area contributed by atoms with Crippen molar-refractivity contribution in [3.05, 3.63) is 112 Å². The molecule has 1 unspecified atom stereocenters. The summed E-state index contributed by atoms with van der Waals surface area (Å²) in [5.41, 5.74) is 4.04. The van der Waals surface area contributed by atoms with E-state index >= 15 is 0 Å². The number of nitrogens with zero attached hydrogens (tertiary/aromatic N) is 2. The van der Waals surface area contributed by atoms with Gasteiger partial charge in [-0.1, -0.05) is 54.1 Å². The van der Waals surface area contributed by atoms with Crippen LogP contribution < -0.4 is 14.4 Å². The fourth-order valence-corrected chi connectivity index (χ4v) is 7.55. The van der Waals surface area contributed by atoms with Crippen LogP contribution in [0.2, 0.25) is 5.02 Å². The van der Waals surface area contributed by atoms with Crippen molar-refractivity contribution in [1.29, 1.82) is 0 Å². The van der Waals surface area contributed by atoms with Crippen LogP contribution in [0.25, 0.3) is 0 Å². The van der Waals surface area contributed by atoms with E-state index in [4.69, 9.17) is 35.3 Å². The van der Waals surface area contributed by atoms with Gasteiger partial charge < -0.3 is 69.4 Å². The Hall–Kier alpha value is -5.18. The molecule has 18 heteroatoms. The standard InChI is InChI=1S/C27H32O14.C16H13ClN2O/c1-10-20(32)22(34)24(36)26(37-10)41-25-23(35)21(33)18(9-28)40-27(25)38-13-6-14(30)19-15(31)8-16(39-17(19)7-13)11-2-4-12(29)5-3-11;1-19-14-8-7-12(17)9-13(14)16(18-10-15(19)20)11-5-3-2-4-6-11/h2-7,10,16,18,20-30,32-36H,8-9H2,1H3;2-9H,10H2,1H3/t10-,16?,18+,20-,21+,22+,23-,24+,25+,26-,27+;/m0./s1. The number of rotatable bonds is 7. The lowest BCUT2D eigenvalue weighted by molar-refractivity contribution is -0.354. The minimum atomic E-state index is -1.75. The Morgan fingerprint density at radius 1 is 0.836 bits per heavy atom. The summed E-state index contributed by atoms with van der Waals surface area (Å²) in [6.07, 6.45) is -16.0. The summed E-state index contributed by atoms with van der Waals surface area (Å²) in [4.78, 5) is 31.0. The Kier molecular flexibility index (Phi) is 13.3. The van der Waals surface area contributed by atoms with Crippen molar-refractivity contribution >= 4 is 34.7 Å². The number of phenolic OH excluding ortho intramolecular Hbond substituents is 2. The Morgan fingerprint density at radius 3 is 2.26 bits per heavy atom. The van der Waals surface area contributed by atoms with Gasteiger partial charge in [0.05, 0.1) is 30.5 Å². The van der Waals surface area contributed by atoms with Crippen LogP contribution in [0.15, 0.2) is 89.9 Å². The SMILES string of the molecule is CN1C(=O)CN=C(c2ccccc2)c2cc(Cl)ccc21.C[C@@H]1O[C@@H](O[C@H]2[C@H](Oc3cc(O)c4c(c3)OC(c3ccc(O)cc3)CC4=O)O[C@H](CO)[C@@H](O)[C@@H]2O)[C@H](O)[C@H](O)[C@H]1O. The second kappa shape index (κ2) is 18.4. The normalized spacial score (nSPS) is 29.8. The predicted octanol–water partition coefficient (Wildman–Crippen LogP) is 1.99. The molecule has 0 aliphatic carbocycles. The van der Waals surface area contributed by atoms with Crippen molar-refractivity contribution in [2.75, 3.05) is 25.1 Å². The number of hydrogen-bond donors (Lipinski definition) is 8. The van der Waals surface area contributed by atoms with Crippen molar-refractivity contribution in [2.45, 2.75) is 80.9 Å². The van der Waals surface area contributed by atoms with Crippen LogP contribution in [0.3, 0.4) is 0 Å². The number of halogens is 1. The fraction of sp³-hybridized carbons (Fsp3) is 0.372. The number of carbonyl (C=O) groups excluding carboxylic acids is 2. The number of aliphatic imine (C=N–C) groups is 1. The van der Waals surface area contributed by atoms with Gasteiger partial charge >= 0.3 is 0 Å². The molecular formula is C43H45ClN2O15. The molecule has 0 saturated carbocycles. The van der Waals surface area contributed by atoms with Gasteiger partial charge in [0, 0.05) is 35.3 Å². The van der Waals surface area contributed by atoms with Gasteiger partial charge in [0.15, 0.2) is 18.2 Å². The number of benzene rings is 4. The molecule has 4 aliphatic rings. The Bertz CT molecular complexity index is 2240. The molecule has 0 spiro atoms. The lowest BCUT2D eigenvalue weighted by atomic mass is 9.95. The molecular weight excluding hydrogens is 820 g/mol. The number of fused-ring (bicyclic) bond motifs is 2. The van der Waals surface area contributed by atoms with Crippen molar-refractivity contribution in [3.8, 4) is 23.0 Å². The maximum Gasteiger partial charge on any atom is 0.248 e. The molecule has 2 fully saturated rings. The van der Waals surface area contributed by atoms with Gasteiger partial charge in [-0.15, -0.1) is 0 Å². The Labute approximate surface area is 354 Å². The van der Waals surface area contributed by atoms with Crippen LogP contribution >= 0.6 is 11.6 Å². The second-order valence-corrected chi connectivity index (χ2v) is 15.3. The molecule has 0 aromatic heterocycles. The second-order valence-electron chi connectivity index (χ2n) is 14.9. The summed E-state index contributed by atoms with van der Waals surface area (Å²) in [6, 6.07) is 23.8. The molecule has 0 radical (unpaired) electrons. The number of aromatic hydroxyl groups is 2. The van der Waals surface area contributed by atoms with Crippen LogP contribution in [0.5, 0.6) is 23.0 Å². The molecule has 4 aliphatic heterocycles. The highest BCUT2D eigenvalue weighted by atomic mass is 35.5. The highest BCUT2D eigenvalue weighted by Gasteiger charge is 2.51. The average Bonchev–Trinajstić information content (AvgIpc) is 3.36. The van der Waals surface area contributed by atoms with Crippen molar-refractivity contribution in [1.82, 2.24) is 0 Å². The van der Waals surface area contributed by atoms with Crippen LogP contribution in [-0.2, 0) is 19.0 Å². The Balaban J connectivity index is 0.000000233. The van der Waals surface area contributed by atoms with Crippen LogP contribution in [0, 0.1) is 0 Å². The van der Waals surface area contributed by atoms with Gasteiger partial charge in [0.2, 0.25) is 12.2 Å². The van der Waals surface area contributed by atoms with E-state index in [2.05, 4.69) is 4.99 Å². The molecule has 0 bridgehead atoms. The van der Waals surface area contributed by atoms with Crippen LogP contribution in [-0.4, -0.2) is 140 Å². The van der Waals surface area contributed by atoms with Gasteiger partial charge in [-0.25, -0.2) is 0 Å². The van der Waals surface area contributed by atoms with Crippen LogP contribution in [0.1, 0.15) is 46.5 Å². The monoisotopic (exact) mass is 864 g/mol. The summed E-state index contributed by atoms with van der Waals surface area (Å²) in [7, 11) is 1.76. The molecule has 1 amide bonds. The van der Waals surface area contributed by atoms with E-state index in [0.29, 0.717) is 10.6 Å². The minimum Gasteiger partial charge on any atom is -0.508 e. The van der Waals surface area contributed by atoms with E-state index in [0.717, 1.165) is 28.6 Å². The van der Waals surface area contributed by atoms with Crippen molar-refractivity contribution in [3.63, 3.8) is 0 Å². The molecule has 8 rings (SSSR count). The summed E-state index contributed by atoms with van der Waals surface area (Å²) >= 11 is 6.11. The number of anilines is 1. The highest BCUT2D eigenvalue weighted by Crippen LogP contribution is 2.43. The molecule has 61 heavy (non-hydrogen) atoms. The van der Waals surface area contributed by atoms with E-state index in [1.54, 1.807) is 30.1 Å². The summed E-state index contributed by atoms with van der Waals surface area (Å²) < 4.78 is 28.6. The zero-order valence-electron chi connectivity index (χ0n) is 32.8. The van der Waals surface area contributed by atoms with Gasteiger partial charge in [-0.3, -0.25) is 14.6 Å². The minimum absolute atomic E-state index is 0.0149. The van der Waals surface area contributed by atoms with E-state index < -0.39 is 85.7 Å². The number of aliphatic hydroxyl groups excluding tert-OH is 6. The lowest BCUT2D eigenvalue weighted by Gasteiger charge is -2.45. The average molecular weight is 865 g/mol. The number of ether oxygens (including phenoxy) is 5. The first-order valence-electron chi connectivity index (χ1n) is 19.3. The number of amides is 1. The number of likely N-dealkylation sites (N-methyl/N-ethyl adjacent to an activating group) is 1. The topological polar surface area (TPSA) is 258 Å². The number of hydrogen-bond acceptors (Lipinski definition) is 16. The molecule has 324 valence electrons. The number of benzodiazepines with no additional fused rings is 1. The number of phenols is 2. The number of aliphatic hydroxyl groups is 6. The number of Topliss-reactive ketones (excluding diaryl/α,β-unsaturated/α-hetero) is 1. The third kappa shape index (κ3) is 9.22. The highest BCUT2D eigenvalue weighted by molar-refractivity contribution is 6.32. The zero-order chi connectivity index (χ0) is 43.7. The molecule has 17 nitrogen and oxygen atoms in total. The quantitative estimate of drug-likeness (QED) is 0.132. The van der Waals surface area contributed by atoms with E-state index in [1.165, 1.54) is 25.1 Å². The van der Waals surface area contributed by atoms with Gasteiger partial charge in [0.25, 0.3) is 0 Å². The predicted molar refractivity (Wildman–Crippen MR) is 216 cm³/mol. The zero-order valence-corrected chi connectivity index (χ0v) is 33.5. The van der Waals surface area contributed by atoms with Crippen LogP contribution in [0.4, 0.5) is 5.69 Å². The first-order chi connectivity index (χ1) is 29.1. The van der Waals surface area contributed by atoms with Gasteiger partial charge in [-0.2, -0.15) is 0 Å². The molecule has 2 saturated heterocycles. The maximum absolute atomic E-state index is 12.9. The van der Waals surface area contributed by atoms with Gasteiger partial charge in [0.1, 0.15) is 77.8 Å². The first-order valence-corrected chi connectivity index (χ1v) is 19.7. The molecule has 4 aromatic carbocycles. The molecule has 11 atom stereocenters. The maximum atomic E-state index is 12.9. The smallest absolute Gasteiger partial charge is 0.248 e. The summed E-state index contributed by atoms with van der Waals surface area (Å²) in [6.45, 7) is 0.862. The molecule has 8 N–H and O–H groups in total. The van der Waals surface area contributed by atoms with Gasteiger partial charge in [-0.05, 0) is 42.8 Å². The third-order valence-electron chi connectivity index (χ3n) is 10.8. The summed E-state index contributed by atoms with van der Waals surface area (Å²) in [5.74, 6) is -0.975. The molecule has 4 aromatic rings. The van der Waals surface area contributed by atoms with E-state index in [1.807, 2.05) is 42.5 Å². The first kappa shape index (κ1) is 43.9. The third-order valence-corrected chi connectivity index (χ3v) is 11.0. The molecule has 4 heterocycles. The fourth-order valence-electron chi connectivity index (χ4n) is 7.37. The number of carbonyl (C=O) groups is 2. The Morgan fingerprint density at radius 2 is 1.56 bits per heavy atom. The van der Waals surface area contributed by atoms with Crippen molar-refractivity contribution in [2.24, 2.45) is 4.99 Å².